The van der Waals surface area contributed by atoms with Crippen molar-refractivity contribution in [2.24, 2.45) is 0 Å². The Bertz CT molecular complexity index is 1170. The molecule has 0 spiro atoms. The fourth-order valence-electron chi connectivity index (χ4n) is 2.88. The van der Waals surface area contributed by atoms with Crippen LogP contribution in [0.5, 0.6) is 0 Å². The number of carbonyl (C=O) groups is 1. The highest BCUT2D eigenvalue weighted by molar-refractivity contribution is 5.96. The van der Waals surface area contributed by atoms with Crippen molar-refractivity contribution in [3.8, 4) is 16.9 Å². The van der Waals surface area contributed by atoms with Gasteiger partial charge in [0.2, 0.25) is 0 Å². The summed E-state index contributed by atoms with van der Waals surface area (Å²) < 4.78 is 48.1. The van der Waals surface area contributed by atoms with E-state index in [1.807, 2.05) is 0 Å². The predicted octanol–water partition coefficient (Wildman–Crippen LogP) is 3.78. The smallest absolute Gasteiger partial charge is 0.433 e. The average molecular weight is 401 g/mol. The van der Waals surface area contributed by atoms with Crippen LogP contribution in [-0.4, -0.2) is 36.7 Å². The molecule has 0 bridgehead atoms. The van der Waals surface area contributed by atoms with Crippen molar-refractivity contribution >= 4 is 11.6 Å². The van der Waals surface area contributed by atoms with Gasteiger partial charge in [-0.25, -0.2) is 19.3 Å². The number of esters is 1. The van der Waals surface area contributed by atoms with Crippen LogP contribution in [0.15, 0.2) is 55.2 Å². The van der Waals surface area contributed by atoms with E-state index in [0.29, 0.717) is 10.1 Å². The number of fused-ring (bicyclic) bond motifs is 1. The lowest BCUT2D eigenvalue weighted by Crippen LogP contribution is -2.14. The third kappa shape index (κ3) is 3.44. The van der Waals surface area contributed by atoms with Crippen molar-refractivity contribution in [2.75, 3.05) is 6.61 Å². The number of benzene rings is 1. The Morgan fingerprint density at radius 1 is 1.21 bits per heavy atom. The van der Waals surface area contributed by atoms with Gasteiger partial charge in [0, 0.05) is 23.6 Å². The molecular formula is C19H14F3N5O2. The van der Waals surface area contributed by atoms with Crippen molar-refractivity contribution in [2.45, 2.75) is 13.1 Å². The maximum Gasteiger partial charge on any atom is 0.433 e. The van der Waals surface area contributed by atoms with E-state index in [0.717, 1.165) is 18.0 Å². The Labute approximate surface area is 162 Å². The number of rotatable bonds is 4. The molecule has 148 valence electrons. The Balaban J connectivity index is 1.85. The molecule has 0 saturated heterocycles. The van der Waals surface area contributed by atoms with Gasteiger partial charge in [0.1, 0.15) is 5.56 Å². The second-order valence-corrected chi connectivity index (χ2v) is 6.06. The lowest BCUT2D eigenvalue weighted by molar-refractivity contribution is -0.142. The van der Waals surface area contributed by atoms with E-state index >= 15 is 0 Å². The lowest BCUT2D eigenvalue weighted by Gasteiger charge is -2.12. The molecule has 1 aromatic carbocycles. The van der Waals surface area contributed by atoms with Crippen LogP contribution in [0.3, 0.4) is 0 Å². The van der Waals surface area contributed by atoms with Gasteiger partial charge in [0.05, 0.1) is 24.8 Å². The molecule has 4 rings (SSSR count). The molecule has 0 atom stereocenters. The molecule has 10 heteroatoms. The zero-order chi connectivity index (χ0) is 20.6. The number of hydrogen-bond donors (Lipinski definition) is 0. The largest absolute Gasteiger partial charge is 0.462 e. The van der Waals surface area contributed by atoms with Gasteiger partial charge >= 0.3 is 12.1 Å². The summed E-state index contributed by atoms with van der Waals surface area (Å²) in [6, 6.07) is 7.67. The highest BCUT2D eigenvalue weighted by Gasteiger charge is 2.36. The molecule has 0 aliphatic carbocycles. The summed E-state index contributed by atoms with van der Waals surface area (Å²) in [6.45, 7) is 1.68. The van der Waals surface area contributed by atoms with Gasteiger partial charge in [-0.3, -0.25) is 0 Å². The highest BCUT2D eigenvalue weighted by atomic mass is 19.4. The van der Waals surface area contributed by atoms with E-state index in [4.69, 9.17) is 4.74 Å². The maximum absolute atomic E-state index is 13.6. The predicted molar refractivity (Wildman–Crippen MR) is 96.5 cm³/mol. The summed E-state index contributed by atoms with van der Waals surface area (Å²) in [6.07, 6.45) is 1.32. The number of halogens is 3. The summed E-state index contributed by atoms with van der Waals surface area (Å²) in [7, 11) is 0. The minimum atomic E-state index is -4.69. The maximum atomic E-state index is 13.6. The molecule has 3 heterocycles. The second-order valence-electron chi connectivity index (χ2n) is 6.06. The van der Waals surface area contributed by atoms with Crippen molar-refractivity contribution in [1.82, 2.24) is 24.1 Å². The first-order valence-corrected chi connectivity index (χ1v) is 8.60. The molecule has 0 radical (unpaired) electrons. The summed E-state index contributed by atoms with van der Waals surface area (Å²) in [4.78, 5) is 20.3. The minimum Gasteiger partial charge on any atom is -0.462 e. The molecule has 0 amide bonds. The SMILES string of the molecule is CCOC(=O)c1cnn2c(C(F)(F)F)cc(-c3ccc(-n4ccnc4)cc3)nc12. The highest BCUT2D eigenvalue weighted by Crippen LogP contribution is 2.33. The number of aromatic nitrogens is 5. The van der Waals surface area contributed by atoms with Crippen LogP contribution in [0, 0.1) is 0 Å². The quantitative estimate of drug-likeness (QED) is 0.487. The van der Waals surface area contributed by atoms with Crippen molar-refractivity contribution in [3.63, 3.8) is 0 Å². The van der Waals surface area contributed by atoms with Gasteiger partial charge < -0.3 is 9.30 Å². The molecule has 4 aromatic rings. The van der Waals surface area contributed by atoms with Crippen LogP contribution in [0.4, 0.5) is 13.2 Å². The van der Waals surface area contributed by atoms with Gasteiger partial charge in [0.15, 0.2) is 11.3 Å². The van der Waals surface area contributed by atoms with Crippen LogP contribution in [0.1, 0.15) is 23.0 Å². The van der Waals surface area contributed by atoms with Crippen molar-refractivity contribution in [1.29, 1.82) is 0 Å². The summed E-state index contributed by atoms with van der Waals surface area (Å²) in [5, 5.41) is 3.69. The molecule has 0 N–H and O–H groups in total. The molecule has 0 aliphatic heterocycles. The van der Waals surface area contributed by atoms with E-state index in [1.165, 1.54) is 0 Å². The summed E-state index contributed by atoms with van der Waals surface area (Å²) in [5.41, 5.74) is -0.0706. The van der Waals surface area contributed by atoms with E-state index in [9.17, 15) is 18.0 Å². The third-order valence-corrected chi connectivity index (χ3v) is 4.22. The molecule has 7 nitrogen and oxygen atoms in total. The Morgan fingerprint density at radius 2 is 1.97 bits per heavy atom. The number of nitrogens with zero attached hydrogens (tertiary/aromatic N) is 5. The zero-order valence-electron chi connectivity index (χ0n) is 15.1. The Kier molecular flexibility index (Phi) is 4.53. The van der Waals surface area contributed by atoms with Gasteiger partial charge in [-0.15, -0.1) is 0 Å². The molecule has 0 fully saturated rings. The van der Waals surface area contributed by atoms with Crippen molar-refractivity contribution in [3.05, 3.63) is 66.5 Å². The van der Waals surface area contributed by atoms with E-state index in [2.05, 4.69) is 15.1 Å². The normalized spacial score (nSPS) is 11.7. The third-order valence-electron chi connectivity index (χ3n) is 4.22. The lowest BCUT2D eigenvalue weighted by atomic mass is 10.1. The first kappa shape index (κ1) is 18.7. The van der Waals surface area contributed by atoms with E-state index in [1.54, 1.807) is 54.5 Å². The molecule has 3 aromatic heterocycles. The van der Waals surface area contributed by atoms with Crippen LogP contribution < -0.4 is 0 Å². The number of alkyl halides is 3. The minimum absolute atomic E-state index is 0.0630. The summed E-state index contributed by atoms with van der Waals surface area (Å²) in [5.74, 6) is -0.782. The Morgan fingerprint density at radius 3 is 2.59 bits per heavy atom. The number of hydrogen-bond acceptors (Lipinski definition) is 5. The standard InChI is InChI=1S/C19H14F3N5O2/c1-2-29-18(28)14-10-24-27-16(19(20,21)22)9-15(25-17(14)27)12-3-5-13(6-4-12)26-8-7-23-11-26/h3-11H,2H2,1H3. The van der Waals surface area contributed by atoms with Crippen LogP contribution in [-0.2, 0) is 10.9 Å². The van der Waals surface area contributed by atoms with Crippen LogP contribution in [0.2, 0.25) is 0 Å². The van der Waals surface area contributed by atoms with Gasteiger partial charge in [0.25, 0.3) is 0 Å². The van der Waals surface area contributed by atoms with Gasteiger partial charge in [-0.1, -0.05) is 12.1 Å². The first-order valence-electron chi connectivity index (χ1n) is 8.60. The van der Waals surface area contributed by atoms with E-state index < -0.39 is 17.8 Å². The molecular weight excluding hydrogens is 387 g/mol. The molecule has 29 heavy (non-hydrogen) atoms. The number of imidazole rings is 1. The van der Waals surface area contributed by atoms with Gasteiger partial charge in [-0.05, 0) is 25.1 Å². The summed E-state index contributed by atoms with van der Waals surface area (Å²) >= 11 is 0. The molecule has 0 aliphatic rings. The number of ether oxygens (including phenoxy) is 1. The molecule has 0 saturated carbocycles. The fourth-order valence-corrected chi connectivity index (χ4v) is 2.88. The number of carbonyl (C=O) groups excluding carboxylic acids is 1. The molecule has 0 unspecified atom stereocenters. The fraction of sp³-hybridized carbons (Fsp3) is 0.158. The second kappa shape index (κ2) is 7.04. The Hall–Kier alpha value is -3.69. The van der Waals surface area contributed by atoms with Gasteiger partial charge in [-0.2, -0.15) is 18.3 Å². The topological polar surface area (TPSA) is 74.3 Å². The van der Waals surface area contributed by atoms with Crippen LogP contribution in [0.25, 0.3) is 22.6 Å². The first-order chi connectivity index (χ1) is 13.9. The van der Waals surface area contributed by atoms with Crippen molar-refractivity contribution < 1.29 is 22.7 Å². The van der Waals surface area contributed by atoms with Crippen LogP contribution >= 0.6 is 0 Å². The zero-order valence-corrected chi connectivity index (χ0v) is 15.1. The van der Waals surface area contributed by atoms with E-state index in [-0.39, 0.29) is 23.5 Å². The monoisotopic (exact) mass is 401 g/mol. The average Bonchev–Trinajstić information content (AvgIpc) is 3.37.